The fourth-order valence-electron chi connectivity index (χ4n) is 1.24. The number of benzene rings is 1. The lowest BCUT2D eigenvalue weighted by molar-refractivity contribution is -0.137. The molecule has 0 aliphatic carbocycles. The second kappa shape index (κ2) is 6.29. The van der Waals surface area contributed by atoms with Crippen LogP contribution in [0, 0.1) is 11.3 Å². The van der Waals surface area contributed by atoms with E-state index in [0.717, 1.165) is 12.1 Å². The minimum absolute atomic E-state index is 0.115. The van der Waals surface area contributed by atoms with E-state index in [9.17, 15) is 18.0 Å². The summed E-state index contributed by atoms with van der Waals surface area (Å²) < 4.78 is 37.7. The maximum atomic E-state index is 12.6. The molecule has 8 heteroatoms. The highest BCUT2D eigenvalue weighted by atomic mass is 35.5. The summed E-state index contributed by atoms with van der Waals surface area (Å²) in [5.74, 6) is -0.495. The molecule has 1 aromatic rings. The minimum atomic E-state index is -4.56. The summed E-state index contributed by atoms with van der Waals surface area (Å²) in [4.78, 5) is 11.2. The summed E-state index contributed by atoms with van der Waals surface area (Å²) in [6, 6.07) is 4.95. The normalized spacial score (nSPS) is 10.7. The first-order valence-electron chi connectivity index (χ1n) is 5.09. The van der Waals surface area contributed by atoms with Crippen LogP contribution in [0.25, 0.3) is 0 Å². The average molecular weight is 292 g/mol. The number of alkyl halides is 3. The Morgan fingerprint density at radius 1 is 1.42 bits per heavy atom. The number of rotatable bonds is 4. The third-order valence-corrected chi connectivity index (χ3v) is 2.42. The number of hydrogen-bond donors (Lipinski definition) is 2. The zero-order valence-corrected chi connectivity index (χ0v) is 10.3. The molecule has 0 heterocycles. The van der Waals surface area contributed by atoms with E-state index in [4.69, 9.17) is 16.9 Å². The van der Waals surface area contributed by atoms with E-state index < -0.39 is 22.7 Å². The largest absolute Gasteiger partial charge is 0.417 e. The Kier molecular flexibility index (Phi) is 5.01. The van der Waals surface area contributed by atoms with Crippen LogP contribution in [0.1, 0.15) is 5.56 Å². The number of nitrogens with one attached hydrogen (secondary N) is 2. The lowest BCUT2D eigenvalue weighted by Gasteiger charge is -2.12. The van der Waals surface area contributed by atoms with E-state index in [-0.39, 0.29) is 18.8 Å². The molecular formula is C11H9ClF3N3O. The molecule has 0 unspecified atom stereocenters. The van der Waals surface area contributed by atoms with Gasteiger partial charge in [-0.2, -0.15) is 18.4 Å². The van der Waals surface area contributed by atoms with Crippen molar-refractivity contribution in [1.82, 2.24) is 5.32 Å². The summed E-state index contributed by atoms with van der Waals surface area (Å²) in [6.07, 6.45) is -4.56. The number of hydrogen-bond acceptors (Lipinski definition) is 3. The van der Waals surface area contributed by atoms with E-state index in [1.165, 1.54) is 6.07 Å². The zero-order valence-electron chi connectivity index (χ0n) is 9.51. The molecule has 102 valence electrons. The predicted molar refractivity (Wildman–Crippen MR) is 63.6 cm³/mol. The molecular weight excluding hydrogens is 283 g/mol. The molecule has 0 radical (unpaired) electrons. The highest BCUT2D eigenvalue weighted by Gasteiger charge is 2.33. The van der Waals surface area contributed by atoms with Gasteiger partial charge in [0.15, 0.2) is 0 Å². The van der Waals surface area contributed by atoms with Gasteiger partial charge in [-0.05, 0) is 18.2 Å². The fraction of sp³-hybridized carbons (Fsp3) is 0.273. The molecule has 0 spiro atoms. The van der Waals surface area contributed by atoms with Crippen LogP contribution in [0.4, 0.5) is 18.9 Å². The van der Waals surface area contributed by atoms with Crippen LogP contribution in [-0.4, -0.2) is 19.0 Å². The lowest BCUT2D eigenvalue weighted by Crippen LogP contribution is -2.30. The van der Waals surface area contributed by atoms with Crippen molar-refractivity contribution < 1.29 is 18.0 Å². The number of halogens is 4. The van der Waals surface area contributed by atoms with Crippen molar-refractivity contribution in [2.24, 2.45) is 0 Å². The van der Waals surface area contributed by atoms with Gasteiger partial charge in [-0.15, -0.1) is 0 Å². The highest BCUT2D eigenvalue weighted by molar-refractivity contribution is 6.31. The Hall–Kier alpha value is -1.94. The van der Waals surface area contributed by atoms with Crippen LogP contribution in [-0.2, 0) is 11.0 Å². The summed E-state index contributed by atoms with van der Waals surface area (Å²) in [5, 5.41) is 12.6. The number of anilines is 1. The zero-order chi connectivity index (χ0) is 14.5. The summed E-state index contributed by atoms with van der Waals surface area (Å²) >= 11 is 5.45. The minimum Gasteiger partial charge on any atom is -0.376 e. The third kappa shape index (κ3) is 4.67. The Balaban J connectivity index is 2.71. The van der Waals surface area contributed by atoms with E-state index in [1.807, 2.05) is 0 Å². The van der Waals surface area contributed by atoms with Gasteiger partial charge in [-0.3, -0.25) is 4.79 Å². The summed E-state index contributed by atoms with van der Waals surface area (Å²) in [7, 11) is 0. The van der Waals surface area contributed by atoms with Crippen LogP contribution in [0.15, 0.2) is 18.2 Å². The van der Waals surface area contributed by atoms with Gasteiger partial charge in [0.25, 0.3) is 0 Å². The van der Waals surface area contributed by atoms with Gasteiger partial charge in [0.1, 0.15) is 6.54 Å². The van der Waals surface area contributed by atoms with Crippen LogP contribution >= 0.6 is 11.6 Å². The van der Waals surface area contributed by atoms with Gasteiger partial charge in [0.2, 0.25) is 5.91 Å². The molecule has 0 aromatic heterocycles. The molecule has 0 saturated heterocycles. The Morgan fingerprint density at radius 3 is 2.68 bits per heavy atom. The van der Waals surface area contributed by atoms with Gasteiger partial charge in [0.05, 0.1) is 23.2 Å². The molecule has 1 amide bonds. The van der Waals surface area contributed by atoms with Crippen LogP contribution in [0.5, 0.6) is 0 Å². The first-order chi connectivity index (χ1) is 8.84. The number of carbonyl (C=O) groups is 1. The van der Waals surface area contributed by atoms with Crippen LogP contribution < -0.4 is 10.6 Å². The Bertz CT molecular complexity index is 511. The number of nitrogens with zero attached hydrogens (tertiary/aromatic N) is 1. The molecule has 2 N–H and O–H groups in total. The van der Waals surface area contributed by atoms with Crippen molar-refractivity contribution in [2.75, 3.05) is 18.4 Å². The molecule has 1 rings (SSSR count). The number of nitriles is 1. The van der Waals surface area contributed by atoms with E-state index in [0.29, 0.717) is 0 Å². The molecule has 0 aliphatic rings. The summed E-state index contributed by atoms with van der Waals surface area (Å²) in [5.41, 5.74) is -0.861. The Labute approximate surface area is 112 Å². The molecule has 0 atom stereocenters. The van der Waals surface area contributed by atoms with Crippen LogP contribution in [0.3, 0.4) is 0 Å². The SMILES string of the molecule is N#CCNC(=O)CNc1ccc(Cl)c(C(F)(F)F)c1. The second-order valence-corrected chi connectivity index (χ2v) is 3.89. The topological polar surface area (TPSA) is 64.9 Å². The number of carbonyl (C=O) groups excluding carboxylic acids is 1. The second-order valence-electron chi connectivity index (χ2n) is 3.48. The molecule has 19 heavy (non-hydrogen) atoms. The molecule has 1 aromatic carbocycles. The summed E-state index contributed by atoms with van der Waals surface area (Å²) in [6.45, 7) is -0.393. The third-order valence-electron chi connectivity index (χ3n) is 2.09. The standard InChI is InChI=1S/C11H9ClF3N3O/c12-9-2-1-7(5-8(9)11(13,14)15)18-6-10(19)17-4-3-16/h1-2,5,18H,4,6H2,(H,17,19). The molecule has 0 bridgehead atoms. The van der Waals surface area contributed by atoms with Gasteiger partial charge >= 0.3 is 6.18 Å². The molecule has 4 nitrogen and oxygen atoms in total. The first kappa shape index (κ1) is 15.1. The van der Waals surface area contributed by atoms with Crippen molar-refractivity contribution in [2.45, 2.75) is 6.18 Å². The van der Waals surface area contributed by atoms with Gasteiger partial charge in [-0.25, -0.2) is 0 Å². The maximum Gasteiger partial charge on any atom is 0.417 e. The van der Waals surface area contributed by atoms with Crippen molar-refractivity contribution in [3.05, 3.63) is 28.8 Å². The monoisotopic (exact) mass is 291 g/mol. The molecule has 0 fully saturated rings. The maximum absolute atomic E-state index is 12.6. The Morgan fingerprint density at radius 2 is 2.11 bits per heavy atom. The molecule has 0 saturated carbocycles. The highest BCUT2D eigenvalue weighted by Crippen LogP contribution is 2.36. The average Bonchev–Trinajstić information content (AvgIpc) is 2.34. The van der Waals surface area contributed by atoms with Crippen molar-refractivity contribution in [3.8, 4) is 6.07 Å². The first-order valence-corrected chi connectivity index (χ1v) is 5.46. The van der Waals surface area contributed by atoms with Gasteiger partial charge < -0.3 is 10.6 Å². The van der Waals surface area contributed by atoms with Gasteiger partial charge in [0, 0.05) is 5.69 Å². The van der Waals surface area contributed by atoms with E-state index >= 15 is 0 Å². The van der Waals surface area contributed by atoms with E-state index in [2.05, 4.69) is 10.6 Å². The van der Waals surface area contributed by atoms with Crippen molar-refractivity contribution >= 4 is 23.2 Å². The lowest BCUT2D eigenvalue weighted by atomic mass is 10.2. The van der Waals surface area contributed by atoms with Crippen molar-refractivity contribution in [3.63, 3.8) is 0 Å². The number of amides is 1. The van der Waals surface area contributed by atoms with Gasteiger partial charge in [-0.1, -0.05) is 11.6 Å². The van der Waals surface area contributed by atoms with Crippen LogP contribution in [0.2, 0.25) is 5.02 Å². The molecule has 0 aliphatic heterocycles. The smallest absolute Gasteiger partial charge is 0.376 e. The predicted octanol–water partition coefficient (Wildman–Crippen LogP) is 2.41. The quantitative estimate of drug-likeness (QED) is 0.837. The van der Waals surface area contributed by atoms with Crippen molar-refractivity contribution in [1.29, 1.82) is 5.26 Å². The van der Waals surface area contributed by atoms with E-state index in [1.54, 1.807) is 6.07 Å². The fourth-order valence-corrected chi connectivity index (χ4v) is 1.46.